The van der Waals surface area contributed by atoms with Gasteiger partial charge in [-0.3, -0.25) is 0 Å². The maximum Gasteiger partial charge on any atom is 0.274 e. The van der Waals surface area contributed by atoms with Crippen molar-refractivity contribution in [2.75, 3.05) is 6.26 Å². The van der Waals surface area contributed by atoms with Crippen LogP contribution in [-0.2, 0) is 12.6 Å². The number of nitrogens with zero attached hydrogens (tertiary/aromatic N) is 8. The lowest BCUT2D eigenvalue weighted by Crippen LogP contribution is -2.32. The average Bonchev–Trinajstić information content (AvgIpc) is 3.54. The summed E-state index contributed by atoms with van der Waals surface area (Å²) in [5.74, 6) is 0.763. The van der Waals surface area contributed by atoms with Gasteiger partial charge >= 0.3 is 0 Å². The van der Waals surface area contributed by atoms with Gasteiger partial charge in [-0.05, 0) is 86.8 Å². The van der Waals surface area contributed by atoms with Crippen molar-refractivity contribution in [3.05, 3.63) is 92.3 Å². The van der Waals surface area contributed by atoms with Crippen LogP contribution in [0.4, 0.5) is 0 Å². The molecule has 3 heterocycles. The van der Waals surface area contributed by atoms with E-state index < -0.39 is 5.60 Å². The molecule has 0 saturated carbocycles. The molecule has 0 saturated heterocycles. The number of aliphatic hydroxyl groups is 1. The van der Waals surface area contributed by atoms with Crippen LogP contribution in [0, 0.1) is 3.57 Å². The molecule has 0 bridgehead atoms. The van der Waals surface area contributed by atoms with Crippen molar-refractivity contribution in [3.63, 3.8) is 0 Å². The normalized spacial score (nSPS) is 13.3. The van der Waals surface area contributed by atoms with Crippen LogP contribution < -0.4 is 0 Å². The summed E-state index contributed by atoms with van der Waals surface area (Å²) in [5, 5.41) is 35.2. The van der Waals surface area contributed by atoms with Crippen LogP contribution in [0.2, 0.25) is 5.02 Å². The van der Waals surface area contributed by atoms with Crippen molar-refractivity contribution >= 4 is 62.6 Å². The summed E-state index contributed by atoms with van der Waals surface area (Å²) in [7, 11) is 1.85. The molecular weight excluding hydrogens is 623 g/mol. The molecule has 184 valence electrons. The highest BCUT2D eigenvalue weighted by Crippen LogP contribution is 2.39. The molecule has 0 aliphatic heterocycles. The number of hydrogen-bond donors (Lipinski definition) is 1. The highest BCUT2D eigenvalue weighted by Gasteiger charge is 2.39. The van der Waals surface area contributed by atoms with E-state index in [1.165, 1.54) is 11.8 Å². The monoisotopic (exact) mass is 640 g/mol. The lowest BCUT2D eigenvalue weighted by Gasteiger charge is -2.29. The second kappa shape index (κ2) is 9.31. The van der Waals surface area contributed by atoms with Gasteiger partial charge in [-0.1, -0.05) is 58.8 Å². The Bertz CT molecular complexity index is 1790. The molecule has 6 rings (SSSR count). The van der Waals surface area contributed by atoms with Crippen LogP contribution in [0.15, 0.2) is 71.9 Å². The van der Waals surface area contributed by atoms with Gasteiger partial charge in [-0.15, -0.1) is 10.2 Å². The summed E-state index contributed by atoms with van der Waals surface area (Å²) >= 11 is 10.0. The van der Waals surface area contributed by atoms with E-state index in [1.54, 1.807) is 4.52 Å². The maximum absolute atomic E-state index is 12.5. The second-order valence-electron chi connectivity index (χ2n) is 8.38. The highest BCUT2D eigenvalue weighted by atomic mass is 127. The molecule has 9 nitrogen and oxygen atoms in total. The Morgan fingerprint density at radius 3 is 2.49 bits per heavy atom. The van der Waals surface area contributed by atoms with Gasteiger partial charge in [0.2, 0.25) is 0 Å². The molecule has 0 aliphatic carbocycles. The van der Waals surface area contributed by atoms with Gasteiger partial charge in [0.05, 0.1) is 11.2 Å². The quantitative estimate of drug-likeness (QED) is 0.213. The Morgan fingerprint density at radius 2 is 1.76 bits per heavy atom. The Morgan fingerprint density at radius 1 is 0.973 bits per heavy atom. The third-order valence-corrected chi connectivity index (χ3v) is 7.94. The van der Waals surface area contributed by atoms with Crippen molar-refractivity contribution in [2.45, 2.75) is 10.8 Å². The predicted molar refractivity (Wildman–Crippen MR) is 151 cm³/mol. The molecule has 0 amide bonds. The molecule has 1 N–H and O–H groups in total. The molecule has 12 heteroatoms. The lowest BCUT2D eigenvalue weighted by molar-refractivity contribution is 0.111. The number of tetrazole rings is 1. The van der Waals surface area contributed by atoms with Gasteiger partial charge in [-0.25, -0.2) is 4.98 Å². The number of fused-ring (bicyclic) bond motifs is 3. The van der Waals surface area contributed by atoms with Gasteiger partial charge < -0.3 is 9.67 Å². The van der Waals surface area contributed by atoms with Gasteiger partial charge in [0.25, 0.3) is 5.78 Å². The largest absolute Gasteiger partial charge is 0.373 e. The fraction of sp³-hybridized carbons (Fsp3) is 0.120. The summed E-state index contributed by atoms with van der Waals surface area (Å²) in [4.78, 5) is 4.74. The third-order valence-electron chi connectivity index (χ3n) is 6.26. The van der Waals surface area contributed by atoms with E-state index in [2.05, 4.69) is 48.3 Å². The van der Waals surface area contributed by atoms with E-state index in [0.717, 1.165) is 20.0 Å². The van der Waals surface area contributed by atoms with Gasteiger partial charge in [-0.2, -0.15) is 4.52 Å². The van der Waals surface area contributed by atoms with Crippen LogP contribution in [0.1, 0.15) is 17.0 Å². The molecule has 0 spiro atoms. The number of thioether (sulfide) groups is 1. The number of benzene rings is 3. The summed E-state index contributed by atoms with van der Waals surface area (Å²) < 4.78 is 4.44. The van der Waals surface area contributed by atoms with Crippen LogP contribution >= 0.6 is 46.0 Å². The molecular formula is C25H18ClIN8OS. The van der Waals surface area contributed by atoms with Crippen molar-refractivity contribution in [1.82, 2.24) is 39.8 Å². The Kier molecular flexibility index (Phi) is 6.10. The summed E-state index contributed by atoms with van der Waals surface area (Å²) in [5.41, 5.74) is 1.85. The van der Waals surface area contributed by atoms with Crippen LogP contribution in [0.25, 0.3) is 27.9 Å². The number of rotatable bonds is 5. The summed E-state index contributed by atoms with van der Waals surface area (Å²) in [6.45, 7) is 0. The number of aromatic nitrogens is 8. The van der Waals surface area contributed by atoms with Crippen LogP contribution in [0.5, 0.6) is 0 Å². The molecule has 3 aromatic carbocycles. The van der Waals surface area contributed by atoms with Gasteiger partial charge in [0, 0.05) is 26.6 Å². The van der Waals surface area contributed by atoms with Crippen molar-refractivity contribution in [1.29, 1.82) is 0 Å². The second-order valence-corrected chi connectivity index (χ2v) is 10.8. The first kappa shape index (κ1) is 24.2. The van der Waals surface area contributed by atoms with Crippen LogP contribution in [0.3, 0.4) is 0 Å². The fourth-order valence-electron chi connectivity index (χ4n) is 4.48. The first-order valence-corrected chi connectivity index (χ1v) is 13.8. The smallest absolute Gasteiger partial charge is 0.274 e. The van der Waals surface area contributed by atoms with Gasteiger partial charge in [0.1, 0.15) is 0 Å². The molecule has 0 aliphatic rings. The zero-order valence-electron chi connectivity index (χ0n) is 19.5. The number of hydrogen-bond acceptors (Lipinski definition) is 8. The third kappa shape index (κ3) is 3.97. The van der Waals surface area contributed by atoms with E-state index in [0.29, 0.717) is 38.6 Å². The van der Waals surface area contributed by atoms with E-state index in [-0.39, 0.29) is 0 Å². The van der Waals surface area contributed by atoms with Crippen LogP contribution in [-0.4, -0.2) is 51.2 Å². The minimum Gasteiger partial charge on any atom is -0.373 e. The molecule has 1 atom stereocenters. The van der Waals surface area contributed by atoms with Crippen molar-refractivity contribution in [2.24, 2.45) is 7.05 Å². The van der Waals surface area contributed by atoms with E-state index in [9.17, 15) is 5.11 Å². The zero-order valence-corrected chi connectivity index (χ0v) is 23.3. The average molecular weight is 641 g/mol. The van der Waals surface area contributed by atoms with Crippen molar-refractivity contribution in [3.8, 4) is 11.3 Å². The Hall–Kier alpha value is -3.13. The SMILES string of the molecule is CSc1nnc(C(O)(c2ccc(I)cc2)c2ccc3c(c2)c(-c2cccc(Cl)c2)nc2nnnn23)n1C. The minimum absolute atomic E-state index is 0.362. The minimum atomic E-state index is -1.60. The summed E-state index contributed by atoms with van der Waals surface area (Å²) in [6, 6.07) is 20.8. The molecule has 1 unspecified atom stereocenters. The Balaban J connectivity index is 1.68. The lowest BCUT2D eigenvalue weighted by atomic mass is 9.84. The first-order chi connectivity index (χ1) is 17.9. The molecule has 0 fully saturated rings. The molecule has 3 aromatic heterocycles. The molecule has 0 radical (unpaired) electrons. The fourth-order valence-corrected chi connectivity index (χ4v) is 5.52. The Labute approximate surface area is 234 Å². The number of halogens is 2. The maximum atomic E-state index is 12.5. The first-order valence-electron chi connectivity index (χ1n) is 11.1. The predicted octanol–water partition coefficient (Wildman–Crippen LogP) is 4.73. The summed E-state index contributed by atoms with van der Waals surface area (Å²) in [6.07, 6.45) is 1.92. The molecule has 37 heavy (non-hydrogen) atoms. The molecule has 6 aromatic rings. The van der Waals surface area contributed by atoms with E-state index in [4.69, 9.17) is 16.6 Å². The van der Waals surface area contributed by atoms with Gasteiger partial charge in [0.15, 0.2) is 16.6 Å². The van der Waals surface area contributed by atoms with Crippen molar-refractivity contribution < 1.29 is 5.11 Å². The van der Waals surface area contributed by atoms with E-state index >= 15 is 0 Å². The topological polar surface area (TPSA) is 107 Å². The standard InChI is InChI=1S/C25H18ClIN8OS/c1-34-22(29-31-24(34)37-2)25(36,15-6-9-18(27)10-7-15)16-8-11-20-19(13-16)21(14-4-3-5-17(26)12-14)28-23-30-32-33-35(20)23/h3-13,36H,1-2H3. The van der Waals surface area contributed by atoms with E-state index in [1.807, 2.05) is 84.6 Å². The highest BCUT2D eigenvalue weighted by molar-refractivity contribution is 14.1. The zero-order chi connectivity index (χ0) is 25.7.